The van der Waals surface area contributed by atoms with Crippen LogP contribution < -0.4 is 0 Å². The van der Waals surface area contributed by atoms with Gasteiger partial charge in [-0.15, -0.1) is 0 Å². The monoisotopic (exact) mass is 347 g/mol. The van der Waals surface area contributed by atoms with Gasteiger partial charge in [-0.2, -0.15) is 0 Å². The highest BCUT2D eigenvalue weighted by Gasteiger charge is 2.23. The third-order valence-electron chi connectivity index (χ3n) is 4.16. The lowest BCUT2D eigenvalue weighted by Gasteiger charge is -2.25. The van der Waals surface area contributed by atoms with Crippen LogP contribution >= 0.6 is 0 Å². The number of carboxylic acids is 1. The van der Waals surface area contributed by atoms with Gasteiger partial charge in [0.05, 0.1) is 17.3 Å². The lowest BCUT2D eigenvalue weighted by Crippen LogP contribution is -2.32. The molecule has 0 aliphatic carbocycles. The van der Waals surface area contributed by atoms with Crippen LogP contribution in [0.3, 0.4) is 0 Å². The molecule has 3 aromatic rings. The Hall–Kier alpha value is -3.05. The average molecular weight is 347 g/mol. The lowest BCUT2D eigenvalue weighted by atomic mass is 9.98. The molecule has 0 spiro atoms. The van der Waals surface area contributed by atoms with Crippen LogP contribution in [0.2, 0.25) is 0 Å². The third-order valence-corrected chi connectivity index (χ3v) is 4.16. The molecule has 0 amide bonds. The normalized spacial score (nSPS) is 12.0. The van der Waals surface area contributed by atoms with Crippen molar-refractivity contribution >= 4 is 5.97 Å². The molecule has 1 N–H and O–H groups in total. The van der Waals surface area contributed by atoms with Crippen molar-refractivity contribution in [2.45, 2.75) is 19.0 Å². The fourth-order valence-electron chi connectivity index (χ4n) is 2.90. The molecule has 5 heteroatoms. The van der Waals surface area contributed by atoms with Crippen molar-refractivity contribution < 1.29 is 9.90 Å². The molecule has 3 rings (SSSR count). The van der Waals surface area contributed by atoms with Crippen LogP contribution in [0.25, 0.3) is 0 Å². The van der Waals surface area contributed by atoms with E-state index in [-0.39, 0.29) is 0 Å². The summed E-state index contributed by atoms with van der Waals surface area (Å²) in [5.74, 6) is -1.44. The number of pyridine rings is 2. The van der Waals surface area contributed by atoms with Gasteiger partial charge in [0.25, 0.3) is 0 Å². The molecule has 1 unspecified atom stereocenters. The Bertz CT molecular complexity index is 769. The first-order valence-corrected chi connectivity index (χ1v) is 8.52. The first-order chi connectivity index (χ1) is 12.7. The Morgan fingerprint density at radius 2 is 1.38 bits per heavy atom. The Balaban J connectivity index is 1.82. The van der Waals surface area contributed by atoms with E-state index in [1.54, 1.807) is 12.4 Å². The van der Waals surface area contributed by atoms with Gasteiger partial charge in [0, 0.05) is 32.0 Å². The Labute approximate surface area is 153 Å². The minimum Gasteiger partial charge on any atom is -0.481 e. The summed E-state index contributed by atoms with van der Waals surface area (Å²) >= 11 is 0. The van der Waals surface area contributed by atoms with Gasteiger partial charge < -0.3 is 5.11 Å². The molecule has 132 valence electrons. The molecular formula is C21H21N3O2. The van der Waals surface area contributed by atoms with E-state index < -0.39 is 11.9 Å². The second-order valence-corrected chi connectivity index (χ2v) is 6.11. The zero-order valence-electron chi connectivity index (χ0n) is 14.4. The second kappa shape index (κ2) is 8.87. The molecule has 0 aliphatic rings. The van der Waals surface area contributed by atoms with Crippen LogP contribution in [0.15, 0.2) is 79.1 Å². The molecule has 26 heavy (non-hydrogen) atoms. The van der Waals surface area contributed by atoms with Crippen LogP contribution in [-0.2, 0) is 17.9 Å². The van der Waals surface area contributed by atoms with E-state index in [2.05, 4.69) is 14.9 Å². The summed E-state index contributed by atoms with van der Waals surface area (Å²) < 4.78 is 0. The Morgan fingerprint density at radius 1 is 0.846 bits per heavy atom. The number of carbonyl (C=O) groups is 1. The van der Waals surface area contributed by atoms with E-state index in [9.17, 15) is 9.90 Å². The summed E-state index contributed by atoms with van der Waals surface area (Å²) in [5, 5.41) is 9.75. The minimum absolute atomic E-state index is 0.381. The molecule has 2 aromatic heterocycles. The summed E-state index contributed by atoms with van der Waals surface area (Å²) in [4.78, 5) is 22.7. The predicted octanol–water partition coefficient (Wildman–Crippen LogP) is 3.35. The topological polar surface area (TPSA) is 66.3 Å². The third kappa shape index (κ3) is 4.97. The zero-order valence-corrected chi connectivity index (χ0v) is 14.4. The molecule has 0 saturated heterocycles. The molecule has 0 bridgehead atoms. The minimum atomic E-state index is -0.830. The van der Waals surface area contributed by atoms with Gasteiger partial charge in [0.2, 0.25) is 0 Å². The van der Waals surface area contributed by atoms with Crippen molar-refractivity contribution in [2.75, 3.05) is 6.54 Å². The van der Waals surface area contributed by atoms with Gasteiger partial charge in [0.15, 0.2) is 0 Å². The fraction of sp³-hybridized carbons (Fsp3) is 0.190. The summed E-state index contributed by atoms with van der Waals surface area (Å²) in [6, 6.07) is 20.9. The molecule has 0 fully saturated rings. The first kappa shape index (κ1) is 17.8. The summed E-state index contributed by atoms with van der Waals surface area (Å²) in [7, 11) is 0. The number of hydrogen-bond acceptors (Lipinski definition) is 4. The van der Waals surface area contributed by atoms with E-state index in [1.807, 2.05) is 66.7 Å². The van der Waals surface area contributed by atoms with Crippen molar-refractivity contribution in [2.24, 2.45) is 0 Å². The van der Waals surface area contributed by atoms with Gasteiger partial charge in [0.1, 0.15) is 0 Å². The van der Waals surface area contributed by atoms with Gasteiger partial charge in [-0.05, 0) is 29.8 Å². The Kier molecular flexibility index (Phi) is 6.06. The number of hydrogen-bond donors (Lipinski definition) is 1. The number of nitrogens with zero attached hydrogens (tertiary/aromatic N) is 3. The van der Waals surface area contributed by atoms with Gasteiger partial charge in [-0.25, -0.2) is 0 Å². The Morgan fingerprint density at radius 3 is 1.85 bits per heavy atom. The molecule has 2 heterocycles. The van der Waals surface area contributed by atoms with Crippen molar-refractivity contribution in [3.05, 3.63) is 96.1 Å². The summed E-state index contributed by atoms with van der Waals surface area (Å²) in [5.41, 5.74) is 2.60. The standard InChI is InChI=1S/C21H21N3O2/c25-21(26)20(17-8-2-1-3-9-17)16-24(14-18-10-4-6-12-22-18)15-19-11-5-7-13-23-19/h1-13,20H,14-16H2,(H,25,26). The van der Waals surface area contributed by atoms with Crippen LogP contribution in [-0.4, -0.2) is 32.5 Å². The highest BCUT2D eigenvalue weighted by molar-refractivity contribution is 5.76. The van der Waals surface area contributed by atoms with E-state index in [0.29, 0.717) is 19.6 Å². The SMILES string of the molecule is O=C(O)C(CN(Cc1ccccn1)Cc1ccccn1)c1ccccc1. The number of aliphatic carboxylic acids is 1. The van der Waals surface area contributed by atoms with Crippen LogP contribution in [0.5, 0.6) is 0 Å². The predicted molar refractivity (Wildman–Crippen MR) is 99.4 cm³/mol. The highest BCUT2D eigenvalue weighted by Crippen LogP contribution is 2.19. The summed E-state index contributed by atoms with van der Waals surface area (Å²) in [6.45, 7) is 1.51. The van der Waals surface area contributed by atoms with Crippen molar-refractivity contribution in [1.82, 2.24) is 14.9 Å². The molecular weight excluding hydrogens is 326 g/mol. The van der Waals surface area contributed by atoms with E-state index in [0.717, 1.165) is 17.0 Å². The first-order valence-electron chi connectivity index (χ1n) is 8.52. The molecule has 1 atom stereocenters. The van der Waals surface area contributed by atoms with Crippen LogP contribution in [0.1, 0.15) is 22.9 Å². The van der Waals surface area contributed by atoms with Crippen molar-refractivity contribution in [1.29, 1.82) is 0 Å². The van der Waals surface area contributed by atoms with Crippen LogP contribution in [0.4, 0.5) is 0 Å². The van der Waals surface area contributed by atoms with E-state index in [4.69, 9.17) is 0 Å². The highest BCUT2D eigenvalue weighted by atomic mass is 16.4. The maximum Gasteiger partial charge on any atom is 0.312 e. The van der Waals surface area contributed by atoms with Gasteiger partial charge in [-0.1, -0.05) is 42.5 Å². The smallest absolute Gasteiger partial charge is 0.312 e. The number of benzene rings is 1. The average Bonchev–Trinajstić information content (AvgIpc) is 2.68. The van der Waals surface area contributed by atoms with E-state index in [1.165, 1.54) is 0 Å². The van der Waals surface area contributed by atoms with Crippen LogP contribution in [0, 0.1) is 0 Å². The number of rotatable bonds is 8. The number of aromatic nitrogens is 2. The molecule has 1 aromatic carbocycles. The molecule has 0 radical (unpaired) electrons. The maximum absolute atomic E-state index is 11.9. The summed E-state index contributed by atoms with van der Waals surface area (Å²) in [6.07, 6.45) is 3.50. The maximum atomic E-state index is 11.9. The molecule has 0 aliphatic heterocycles. The second-order valence-electron chi connectivity index (χ2n) is 6.11. The lowest BCUT2D eigenvalue weighted by molar-refractivity contribution is -0.139. The fourth-order valence-corrected chi connectivity index (χ4v) is 2.90. The van der Waals surface area contributed by atoms with Gasteiger partial charge in [-0.3, -0.25) is 19.7 Å². The van der Waals surface area contributed by atoms with E-state index >= 15 is 0 Å². The quantitative estimate of drug-likeness (QED) is 0.677. The molecule has 0 saturated carbocycles. The molecule has 5 nitrogen and oxygen atoms in total. The van der Waals surface area contributed by atoms with Crippen molar-refractivity contribution in [3.8, 4) is 0 Å². The zero-order chi connectivity index (χ0) is 18.2. The number of carboxylic acid groups (broad SMARTS) is 1. The van der Waals surface area contributed by atoms with Gasteiger partial charge >= 0.3 is 5.97 Å². The largest absolute Gasteiger partial charge is 0.481 e. The van der Waals surface area contributed by atoms with Crippen molar-refractivity contribution in [3.63, 3.8) is 0 Å².